The van der Waals surface area contributed by atoms with E-state index in [1.54, 1.807) is 6.20 Å². The maximum atomic E-state index is 5.22. The molecule has 0 bridgehead atoms. The van der Waals surface area contributed by atoms with Crippen LogP contribution in [-0.4, -0.2) is 25.0 Å². The Morgan fingerprint density at radius 3 is 2.75 bits per heavy atom. The normalized spacial score (nSPS) is 11.2. The van der Waals surface area contributed by atoms with Gasteiger partial charge in [-0.05, 0) is 25.1 Å². The fourth-order valence-electron chi connectivity index (χ4n) is 1.63. The Morgan fingerprint density at radius 1 is 1.44 bits per heavy atom. The van der Waals surface area contributed by atoms with E-state index in [4.69, 9.17) is 12.2 Å². The number of aromatic nitrogens is 5. The lowest BCUT2D eigenvalue weighted by Gasteiger charge is -2.08. The molecule has 0 unspecified atom stereocenters. The Hall–Kier alpha value is -1.43. The smallest absolute Gasteiger partial charge is 0.195 e. The Bertz CT molecular complexity index is 533. The molecular weight excluding hydrogens is 222 g/mol. The second kappa shape index (κ2) is 4.21. The highest BCUT2D eigenvalue weighted by Crippen LogP contribution is 2.20. The fourth-order valence-corrected chi connectivity index (χ4v) is 1.84. The van der Waals surface area contributed by atoms with E-state index in [0.717, 1.165) is 23.6 Å². The number of nitrogens with zero attached hydrogens (tertiary/aromatic N) is 3. The monoisotopic (exact) mass is 237 g/mol. The molecule has 0 saturated heterocycles. The van der Waals surface area contributed by atoms with Crippen molar-refractivity contribution in [3.63, 3.8) is 0 Å². The summed E-state index contributed by atoms with van der Waals surface area (Å²) in [4.78, 5) is 0. The van der Waals surface area contributed by atoms with Crippen molar-refractivity contribution in [2.45, 2.75) is 27.3 Å². The van der Waals surface area contributed by atoms with Gasteiger partial charge in [-0.25, -0.2) is 0 Å². The molecule has 16 heavy (non-hydrogen) atoms. The minimum Gasteiger partial charge on any atom is -0.300 e. The SMILES string of the molecule is Cc1[nH]ncc1-c1n[nH]c(=S)n1CC(C)C. The van der Waals surface area contributed by atoms with Gasteiger partial charge in [0.25, 0.3) is 0 Å². The summed E-state index contributed by atoms with van der Waals surface area (Å²) in [5.74, 6) is 1.38. The van der Waals surface area contributed by atoms with Crippen molar-refractivity contribution in [3.8, 4) is 11.4 Å². The van der Waals surface area contributed by atoms with Gasteiger partial charge < -0.3 is 0 Å². The average Bonchev–Trinajstić information content (AvgIpc) is 2.75. The van der Waals surface area contributed by atoms with Crippen LogP contribution >= 0.6 is 12.2 Å². The molecule has 0 aromatic carbocycles. The highest BCUT2D eigenvalue weighted by molar-refractivity contribution is 7.71. The second-order valence-electron chi connectivity index (χ2n) is 4.27. The third-order valence-electron chi connectivity index (χ3n) is 2.38. The number of nitrogens with one attached hydrogen (secondary N) is 2. The minimum absolute atomic E-state index is 0.523. The largest absolute Gasteiger partial charge is 0.300 e. The number of aryl methyl sites for hydroxylation is 1. The van der Waals surface area contributed by atoms with Gasteiger partial charge in [0.15, 0.2) is 10.6 Å². The second-order valence-corrected chi connectivity index (χ2v) is 4.65. The van der Waals surface area contributed by atoms with Gasteiger partial charge >= 0.3 is 0 Å². The molecule has 0 aliphatic carbocycles. The quantitative estimate of drug-likeness (QED) is 0.805. The lowest BCUT2D eigenvalue weighted by molar-refractivity contribution is 0.521. The summed E-state index contributed by atoms with van der Waals surface area (Å²) >= 11 is 5.22. The predicted molar refractivity (Wildman–Crippen MR) is 64.6 cm³/mol. The van der Waals surface area contributed by atoms with Gasteiger partial charge in [0, 0.05) is 12.2 Å². The van der Waals surface area contributed by atoms with Crippen LogP contribution in [0.4, 0.5) is 0 Å². The van der Waals surface area contributed by atoms with Gasteiger partial charge in [-0.2, -0.15) is 10.2 Å². The summed E-state index contributed by atoms with van der Waals surface area (Å²) in [5.41, 5.74) is 1.99. The van der Waals surface area contributed by atoms with Crippen LogP contribution < -0.4 is 0 Å². The molecule has 2 rings (SSSR count). The third-order valence-corrected chi connectivity index (χ3v) is 2.69. The summed E-state index contributed by atoms with van der Waals surface area (Å²) in [7, 11) is 0. The van der Waals surface area contributed by atoms with Crippen molar-refractivity contribution >= 4 is 12.2 Å². The average molecular weight is 237 g/mol. The van der Waals surface area contributed by atoms with Crippen LogP contribution in [0.25, 0.3) is 11.4 Å². The highest BCUT2D eigenvalue weighted by atomic mass is 32.1. The van der Waals surface area contributed by atoms with E-state index in [0.29, 0.717) is 10.7 Å². The Morgan fingerprint density at radius 2 is 2.19 bits per heavy atom. The lowest BCUT2D eigenvalue weighted by Crippen LogP contribution is -2.06. The highest BCUT2D eigenvalue weighted by Gasteiger charge is 2.13. The number of hydrogen-bond acceptors (Lipinski definition) is 3. The van der Waals surface area contributed by atoms with E-state index >= 15 is 0 Å². The van der Waals surface area contributed by atoms with E-state index in [1.165, 1.54) is 0 Å². The van der Waals surface area contributed by atoms with E-state index in [1.807, 2.05) is 11.5 Å². The summed E-state index contributed by atoms with van der Waals surface area (Å²) < 4.78 is 2.67. The van der Waals surface area contributed by atoms with Crippen LogP contribution in [0.3, 0.4) is 0 Å². The molecule has 0 fully saturated rings. The van der Waals surface area contributed by atoms with Crippen molar-refractivity contribution in [3.05, 3.63) is 16.7 Å². The number of aromatic amines is 2. The zero-order chi connectivity index (χ0) is 11.7. The number of rotatable bonds is 3. The lowest BCUT2D eigenvalue weighted by atomic mass is 10.2. The van der Waals surface area contributed by atoms with Gasteiger partial charge in [0.1, 0.15) is 0 Å². The first-order valence-corrected chi connectivity index (χ1v) is 5.66. The van der Waals surface area contributed by atoms with Crippen LogP contribution in [0.5, 0.6) is 0 Å². The predicted octanol–water partition coefficient (Wildman–Crippen LogP) is 2.30. The van der Waals surface area contributed by atoms with E-state index in [9.17, 15) is 0 Å². The van der Waals surface area contributed by atoms with Gasteiger partial charge in [0.2, 0.25) is 0 Å². The number of hydrogen-bond donors (Lipinski definition) is 2. The van der Waals surface area contributed by atoms with Crippen molar-refractivity contribution in [1.29, 1.82) is 0 Å². The van der Waals surface area contributed by atoms with Crippen LogP contribution in [0, 0.1) is 17.6 Å². The van der Waals surface area contributed by atoms with Gasteiger partial charge in [-0.3, -0.25) is 14.8 Å². The topological polar surface area (TPSA) is 62.3 Å². The standard InChI is InChI=1S/C10H15N5S/c1-6(2)5-15-9(13-14-10(15)16)8-4-11-12-7(8)3/h4,6H,5H2,1-3H3,(H,11,12)(H,14,16). The maximum absolute atomic E-state index is 5.22. The Balaban J connectivity index is 2.50. The van der Waals surface area contributed by atoms with Crippen molar-refractivity contribution in [1.82, 2.24) is 25.0 Å². The molecule has 86 valence electrons. The van der Waals surface area contributed by atoms with Gasteiger partial charge in [0.05, 0.1) is 11.8 Å². The van der Waals surface area contributed by atoms with Crippen molar-refractivity contribution in [2.24, 2.45) is 5.92 Å². The zero-order valence-corrected chi connectivity index (χ0v) is 10.4. The molecule has 2 N–H and O–H groups in total. The van der Waals surface area contributed by atoms with Gasteiger partial charge in [-0.1, -0.05) is 13.8 Å². The molecule has 0 saturated carbocycles. The zero-order valence-electron chi connectivity index (χ0n) is 9.61. The maximum Gasteiger partial charge on any atom is 0.195 e. The van der Waals surface area contributed by atoms with Gasteiger partial charge in [-0.15, -0.1) is 0 Å². The molecule has 0 atom stereocenters. The molecule has 2 aromatic heterocycles. The van der Waals surface area contributed by atoms with Crippen LogP contribution in [0.2, 0.25) is 0 Å². The summed E-state index contributed by atoms with van der Waals surface area (Å²) in [6, 6.07) is 0. The first-order chi connectivity index (χ1) is 7.59. The molecule has 5 nitrogen and oxygen atoms in total. The molecule has 2 aromatic rings. The molecule has 0 amide bonds. The van der Waals surface area contributed by atoms with E-state index in [-0.39, 0.29) is 0 Å². The molecule has 0 radical (unpaired) electrons. The fraction of sp³-hybridized carbons (Fsp3) is 0.500. The van der Waals surface area contributed by atoms with E-state index < -0.39 is 0 Å². The summed E-state index contributed by atoms with van der Waals surface area (Å²) in [6.45, 7) is 7.14. The Labute approximate surface area is 98.9 Å². The molecular formula is C10H15N5S. The van der Waals surface area contributed by atoms with Crippen LogP contribution in [0.1, 0.15) is 19.5 Å². The van der Waals surface area contributed by atoms with Crippen molar-refractivity contribution < 1.29 is 0 Å². The molecule has 0 aliphatic heterocycles. The molecule has 0 aliphatic rings. The molecule has 0 spiro atoms. The molecule has 2 heterocycles. The van der Waals surface area contributed by atoms with E-state index in [2.05, 4.69) is 34.2 Å². The number of H-pyrrole nitrogens is 2. The first kappa shape index (κ1) is 11.1. The summed E-state index contributed by atoms with van der Waals surface area (Å²) in [6.07, 6.45) is 1.77. The Kier molecular flexibility index (Phi) is 2.91. The molecule has 6 heteroatoms. The third kappa shape index (κ3) is 1.92. The minimum atomic E-state index is 0.523. The first-order valence-electron chi connectivity index (χ1n) is 5.25. The van der Waals surface area contributed by atoms with Crippen LogP contribution in [0.15, 0.2) is 6.20 Å². The van der Waals surface area contributed by atoms with Crippen molar-refractivity contribution in [2.75, 3.05) is 0 Å². The van der Waals surface area contributed by atoms with Crippen LogP contribution in [-0.2, 0) is 6.54 Å². The summed E-state index contributed by atoms with van der Waals surface area (Å²) in [5, 5.41) is 14.0.